The van der Waals surface area contributed by atoms with Crippen LogP contribution in [0.15, 0.2) is 22.7 Å². The Bertz CT molecular complexity index is 271. The van der Waals surface area contributed by atoms with Crippen molar-refractivity contribution in [1.82, 2.24) is 5.32 Å². The molecule has 0 spiro atoms. The number of rotatable bonds is 1. The van der Waals surface area contributed by atoms with Gasteiger partial charge < -0.3 is 0 Å². The molecule has 0 bridgehead atoms. The van der Waals surface area contributed by atoms with Crippen LogP contribution < -0.4 is 5.32 Å². The van der Waals surface area contributed by atoms with Gasteiger partial charge >= 0.3 is 0 Å². The molecule has 0 N–H and O–H groups in total. The van der Waals surface area contributed by atoms with Crippen LogP contribution in [0.3, 0.4) is 0 Å². The normalized spacial score (nSPS) is 24.6. The van der Waals surface area contributed by atoms with Gasteiger partial charge in [-0.2, -0.15) is 0 Å². The summed E-state index contributed by atoms with van der Waals surface area (Å²) in [5, 5.41) is 6.43. The van der Waals surface area contributed by atoms with E-state index in [0.717, 1.165) is 5.92 Å². The number of thioether (sulfide) groups is 1. The Balaban J connectivity index is 1.82. The highest BCUT2D eigenvalue weighted by Crippen LogP contribution is 2.34. The monoisotopic (exact) mass is 264 g/mol. The average Bonchev–Trinajstić information content (AvgIpc) is 2.40. The van der Waals surface area contributed by atoms with Crippen molar-refractivity contribution in [3.63, 3.8) is 0 Å². The molecule has 0 aromatic heterocycles. The molecule has 1 heterocycles. The van der Waals surface area contributed by atoms with Crippen LogP contribution in [0, 0.1) is 5.92 Å². The molecular weight excluding hydrogens is 238 g/mol. The zero-order valence-corrected chi connectivity index (χ0v) is 12.3. The van der Waals surface area contributed by atoms with Crippen molar-refractivity contribution in [3.05, 3.63) is 22.7 Å². The Labute approximate surface area is 116 Å². The summed E-state index contributed by atoms with van der Waals surface area (Å²) in [7, 11) is 0. The quantitative estimate of drug-likeness (QED) is 0.603. The Morgan fingerprint density at radius 2 is 1.39 bits per heavy atom. The molecule has 0 aromatic rings. The first-order chi connectivity index (χ1) is 8.97. The fraction of sp³-hybridized carbons (Fsp3) is 0.750. The lowest BCUT2D eigenvalue weighted by atomic mass is 9.92. The molecule has 1 aliphatic carbocycles. The van der Waals surface area contributed by atoms with Crippen molar-refractivity contribution in [3.8, 4) is 0 Å². The molecule has 1 nitrogen and oxygen atoms in total. The maximum atomic E-state index is 4.30. The molecule has 1 fully saturated rings. The summed E-state index contributed by atoms with van der Waals surface area (Å²) < 4.78 is 0. The Morgan fingerprint density at radius 1 is 0.833 bits per heavy atom. The van der Waals surface area contributed by atoms with Gasteiger partial charge in [-0.25, -0.2) is 0 Å². The topological polar surface area (TPSA) is 14.1 Å². The van der Waals surface area contributed by atoms with Crippen LogP contribution in [-0.2, 0) is 0 Å². The third kappa shape index (κ3) is 5.09. The van der Waals surface area contributed by atoms with Crippen LogP contribution in [0.2, 0.25) is 0 Å². The maximum absolute atomic E-state index is 4.30. The van der Waals surface area contributed by atoms with Crippen LogP contribution in [0.5, 0.6) is 0 Å². The van der Waals surface area contributed by atoms with E-state index in [1.54, 1.807) is 0 Å². The van der Waals surface area contributed by atoms with E-state index in [1.807, 2.05) is 18.0 Å². The molecule has 1 aliphatic heterocycles. The summed E-state index contributed by atoms with van der Waals surface area (Å²) in [5.41, 5.74) is 0. The molecule has 0 aromatic carbocycles. The predicted molar refractivity (Wildman–Crippen MR) is 81.2 cm³/mol. The molecule has 101 valence electrons. The van der Waals surface area contributed by atoms with E-state index < -0.39 is 0 Å². The summed E-state index contributed by atoms with van der Waals surface area (Å²) in [6, 6.07) is 0. The van der Waals surface area contributed by atoms with Crippen molar-refractivity contribution in [1.29, 1.82) is 0 Å². The Hall–Kier alpha value is -0.370. The fourth-order valence-electron chi connectivity index (χ4n) is 2.94. The van der Waals surface area contributed by atoms with E-state index in [4.69, 9.17) is 0 Å². The standard InChI is InChI=1S/C16H26NS/c1-2-4-6-8-10-15(11-9-7-5-3-1)16-14-17-12-13-18-16/h12-15H,1-11H2. The first-order valence-electron chi connectivity index (χ1n) is 7.68. The first kappa shape index (κ1) is 14.0. The minimum atomic E-state index is 0.781. The third-order valence-corrected chi connectivity index (χ3v) is 5.03. The fourth-order valence-corrected chi connectivity index (χ4v) is 3.78. The van der Waals surface area contributed by atoms with Gasteiger partial charge in [0.1, 0.15) is 0 Å². The van der Waals surface area contributed by atoms with Crippen LogP contribution in [0.1, 0.15) is 70.6 Å². The second-order valence-corrected chi connectivity index (χ2v) is 6.52. The Morgan fingerprint density at radius 3 is 1.89 bits per heavy atom. The van der Waals surface area contributed by atoms with E-state index in [-0.39, 0.29) is 0 Å². The number of allylic oxidation sites excluding steroid dienone is 1. The van der Waals surface area contributed by atoms with Gasteiger partial charge in [-0.1, -0.05) is 69.5 Å². The molecule has 0 unspecified atom stereocenters. The number of nitrogens with zero attached hydrogens (tertiary/aromatic N) is 1. The van der Waals surface area contributed by atoms with Gasteiger partial charge in [-0.15, -0.1) is 0 Å². The SMILES string of the molecule is C1=CSC(C2CCCCCCCCCCC2)=C[N]1. The minimum Gasteiger partial charge on any atom is -0.263 e. The summed E-state index contributed by atoms with van der Waals surface area (Å²) in [6.07, 6.45) is 19.7. The molecular formula is C16H26NS. The molecule has 1 radical (unpaired) electrons. The van der Waals surface area contributed by atoms with E-state index in [2.05, 4.69) is 16.9 Å². The highest BCUT2D eigenvalue weighted by molar-refractivity contribution is 8.05. The van der Waals surface area contributed by atoms with Crippen LogP contribution in [0.4, 0.5) is 0 Å². The van der Waals surface area contributed by atoms with E-state index in [9.17, 15) is 0 Å². The van der Waals surface area contributed by atoms with Gasteiger partial charge in [0.15, 0.2) is 0 Å². The van der Waals surface area contributed by atoms with Crippen molar-refractivity contribution in [2.75, 3.05) is 0 Å². The molecule has 2 aliphatic rings. The van der Waals surface area contributed by atoms with Crippen LogP contribution >= 0.6 is 11.8 Å². The van der Waals surface area contributed by atoms with Crippen molar-refractivity contribution in [2.45, 2.75) is 70.6 Å². The van der Waals surface area contributed by atoms with Gasteiger partial charge in [0.05, 0.1) is 0 Å². The lowest BCUT2D eigenvalue weighted by Crippen LogP contribution is -2.06. The lowest BCUT2D eigenvalue weighted by molar-refractivity contribution is 0.445. The molecule has 0 amide bonds. The first-order valence-corrected chi connectivity index (χ1v) is 8.56. The second kappa shape index (κ2) is 8.68. The second-order valence-electron chi connectivity index (χ2n) is 5.54. The molecule has 1 saturated carbocycles. The van der Waals surface area contributed by atoms with Gasteiger partial charge in [-0.05, 0) is 24.2 Å². The van der Waals surface area contributed by atoms with Gasteiger partial charge in [0.2, 0.25) is 0 Å². The summed E-state index contributed by atoms with van der Waals surface area (Å²) >= 11 is 1.89. The maximum Gasteiger partial charge on any atom is 0.0369 e. The Kier molecular flexibility index (Phi) is 6.78. The molecule has 2 rings (SSSR count). The number of hydrogen-bond acceptors (Lipinski definition) is 1. The van der Waals surface area contributed by atoms with Crippen molar-refractivity contribution < 1.29 is 0 Å². The summed E-state index contributed by atoms with van der Waals surface area (Å²) in [4.78, 5) is 1.51. The lowest BCUT2D eigenvalue weighted by Gasteiger charge is -2.21. The van der Waals surface area contributed by atoms with E-state index >= 15 is 0 Å². The van der Waals surface area contributed by atoms with E-state index in [1.165, 1.54) is 75.5 Å². The zero-order chi connectivity index (χ0) is 12.5. The third-order valence-electron chi connectivity index (χ3n) is 4.06. The van der Waals surface area contributed by atoms with Crippen molar-refractivity contribution in [2.24, 2.45) is 5.92 Å². The van der Waals surface area contributed by atoms with Gasteiger partial charge in [-0.3, -0.25) is 5.32 Å². The minimum absolute atomic E-state index is 0.781. The van der Waals surface area contributed by atoms with Gasteiger partial charge in [0.25, 0.3) is 0 Å². The van der Waals surface area contributed by atoms with E-state index in [0.29, 0.717) is 0 Å². The predicted octanol–water partition coefficient (Wildman–Crippen LogP) is 5.57. The average molecular weight is 264 g/mol. The van der Waals surface area contributed by atoms with Crippen LogP contribution in [0.25, 0.3) is 0 Å². The molecule has 2 heteroatoms. The van der Waals surface area contributed by atoms with Crippen LogP contribution in [-0.4, -0.2) is 0 Å². The summed E-state index contributed by atoms with van der Waals surface area (Å²) in [6.45, 7) is 0. The molecule has 0 atom stereocenters. The summed E-state index contributed by atoms with van der Waals surface area (Å²) in [5.74, 6) is 0.781. The highest BCUT2D eigenvalue weighted by Gasteiger charge is 2.15. The van der Waals surface area contributed by atoms with Gasteiger partial charge in [0, 0.05) is 17.3 Å². The molecule has 18 heavy (non-hydrogen) atoms. The zero-order valence-electron chi connectivity index (χ0n) is 11.4. The smallest absolute Gasteiger partial charge is 0.0369 e. The highest BCUT2D eigenvalue weighted by atomic mass is 32.2. The number of hydrogen-bond donors (Lipinski definition) is 0. The molecule has 0 saturated heterocycles. The van der Waals surface area contributed by atoms with Crippen molar-refractivity contribution >= 4 is 11.8 Å². The largest absolute Gasteiger partial charge is 0.263 e.